The van der Waals surface area contributed by atoms with Gasteiger partial charge in [-0.25, -0.2) is 4.79 Å². The lowest BCUT2D eigenvalue weighted by molar-refractivity contribution is -0.0466. The smallest absolute Gasteiger partial charge is 0.342 e. The van der Waals surface area contributed by atoms with E-state index >= 15 is 0 Å². The Bertz CT molecular complexity index is 1520. The number of esters is 1. The maximum atomic E-state index is 13.1. The van der Waals surface area contributed by atoms with Crippen LogP contribution in [0.15, 0.2) is 115 Å². The van der Waals surface area contributed by atoms with Crippen molar-refractivity contribution in [2.75, 3.05) is 0 Å². The highest BCUT2D eigenvalue weighted by atomic mass is 16.7. The number of rotatable bonds is 5. The number of fused-ring (bicyclic) bond motifs is 2. The fourth-order valence-corrected chi connectivity index (χ4v) is 4.60. The van der Waals surface area contributed by atoms with Crippen molar-refractivity contribution in [1.82, 2.24) is 0 Å². The van der Waals surface area contributed by atoms with Crippen LogP contribution in [0.1, 0.15) is 27.0 Å². The first-order chi connectivity index (χ1) is 17.7. The van der Waals surface area contributed by atoms with Crippen molar-refractivity contribution < 1.29 is 24.1 Å². The van der Waals surface area contributed by atoms with Gasteiger partial charge >= 0.3 is 11.8 Å². The van der Waals surface area contributed by atoms with Crippen LogP contribution in [0.4, 0.5) is 0 Å². The van der Waals surface area contributed by atoms with Crippen LogP contribution in [-0.2, 0) is 17.1 Å². The van der Waals surface area contributed by atoms with Gasteiger partial charge in [0, 0.05) is 16.7 Å². The van der Waals surface area contributed by atoms with E-state index in [1.54, 1.807) is 12.1 Å². The summed E-state index contributed by atoms with van der Waals surface area (Å²) in [4.78, 5) is 13.1. The summed E-state index contributed by atoms with van der Waals surface area (Å²) in [5.74, 6) is -0.829. The van der Waals surface area contributed by atoms with E-state index in [9.17, 15) is 9.90 Å². The first-order valence-corrected chi connectivity index (χ1v) is 11.6. The molecule has 0 radical (unpaired) electrons. The third-order valence-electron chi connectivity index (χ3n) is 6.34. The zero-order valence-corrected chi connectivity index (χ0v) is 19.3. The molecule has 0 saturated carbocycles. The SMILES string of the molecule is O=C(OCc1cccc2c1OC(c1ccccc1)(c1ccccc1)O2)c1c(O)ccc2ccccc12. The molecule has 36 heavy (non-hydrogen) atoms. The van der Waals surface area contributed by atoms with E-state index in [-0.39, 0.29) is 17.9 Å². The summed E-state index contributed by atoms with van der Waals surface area (Å²) in [5, 5.41) is 11.9. The molecule has 0 unspecified atom stereocenters. The minimum absolute atomic E-state index is 0.0479. The average molecular weight is 475 g/mol. The second-order valence-corrected chi connectivity index (χ2v) is 8.55. The minimum Gasteiger partial charge on any atom is -0.507 e. The number of hydrogen-bond donors (Lipinski definition) is 1. The highest BCUT2D eigenvalue weighted by Crippen LogP contribution is 2.49. The van der Waals surface area contributed by atoms with Crippen molar-refractivity contribution in [3.63, 3.8) is 0 Å². The topological polar surface area (TPSA) is 65.0 Å². The molecular weight excluding hydrogens is 452 g/mol. The number of aromatic hydroxyl groups is 1. The summed E-state index contributed by atoms with van der Waals surface area (Å²) in [6.45, 7) is -0.0479. The predicted molar refractivity (Wildman–Crippen MR) is 136 cm³/mol. The molecule has 0 aromatic heterocycles. The maximum Gasteiger partial charge on any atom is 0.342 e. The molecule has 6 rings (SSSR count). The zero-order valence-electron chi connectivity index (χ0n) is 19.3. The molecular formula is C31H22O5. The molecule has 1 heterocycles. The fraction of sp³-hybridized carbons (Fsp3) is 0.0645. The maximum absolute atomic E-state index is 13.1. The van der Waals surface area contributed by atoms with Gasteiger partial charge in [0.05, 0.1) is 0 Å². The normalized spacial score (nSPS) is 13.4. The lowest BCUT2D eigenvalue weighted by atomic mass is 9.97. The van der Waals surface area contributed by atoms with Crippen LogP contribution in [0.5, 0.6) is 17.2 Å². The molecule has 1 aliphatic rings. The lowest BCUT2D eigenvalue weighted by Crippen LogP contribution is -2.36. The Balaban J connectivity index is 1.33. The van der Waals surface area contributed by atoms with E-state index in [1.807, 2.05) is 97.1 Å². The van der Waals surface area contributed by atoms with Gasteiger partial charge in [-0.2, -0.15) is 0 Å². The summed E-state index contributed by atoms with van der Waals surface area (Å²) in [7, 11) is 0. The quantitative estimate of drug-likeness (QED) is 0.292. The Hall–Kier alpha value is -4.77. The third kappa shape index (κ3) is 3.62. The number of carbonyl (C=O) groups excluding carboxylic acids is 1. The Morgan fingerprint density at radius 1 is 0.722 bits per heavy atom. The van der Waals surface area contributed by atoms with Gasteiger partial charge in [-0.3, -0.25) is 0 Å². The summed E-state index contributed by atoms with van der Waals surface area (Å²) >= 11 is 0. The van der Waals surface area contributed by atoms with E-state index in [2.05, 4.69) is 0 Å². The number of para-hydroxylation sites is 1. The Morgan fingerprint density at radius 3 is 2.11 bits per heavy atom. The van der Waals surface area contributed by atoms with Crippen LogP contribution < -0.4 is 9.47 Å². The Kier molecular flexibility index (Phi) is 5.30. The second-order valence-electron chi connectivity index (χ2n) is 8.55. The number of benzene rings is 5. The minimum atomic E-state index is -1.17. The van der Waals surface area contributed by atoms with Gasteiger partial charge in [-0.15, -0.1) is 0 Å². The van der Waals surface area contributed by atoms with Crippen LogP contribution in [0.2, 0.25) is 0 Å². The summed E-state index contributed by atoms with van der Waals surface area (Å²) in [5.41, 5.74) is 2.49. The van der Waals surface area contributed by atoms with Crippen LogP contribution in [0.3, 0.4) is 0 Å². The van der Waals surface area contributed by atoms with Crippen molar-refractivity contribution in [2.45, 2.75) is 12.4 Å². The molecule has 5 heteroatoms. The summed E-state index contributed by atoms with van der Waals surface area (Å²) in [6, 6.07) is 35.6. The molecule has 1 aliphatic heterocycles. The van der Waals surface area contributed by atoms with Gasteiger partial charge in [0.25, 0.3) is 0 Å². The van der Waals surface area contributed by atoms with Crippen LogP contribution in [0, 0.1) is 0 Å². The molecule has 5 aromatic rings. The molecule has 0 atom stereocenters. The second kappa shape index (κ2) is 8.78. The van der Waals surface area contributed by atoms with Gasteiger partial charge in [0.15, 0.2) is 11.5 Å². The molecule has 176 valence electrons. The molecule has 1 N–H and O–H groups in total. The summed E-state index contributed by atoms with van der Waals surface area (Å²) < 4.78 is 18.7. The molecule has 0 fully saturated rings. The Labute approximate surface area is 208 Å². The van der Waals surface area contributed by atoms with Crippen LogP contribution in [-0.4, -0.2) is 11.1 Å². The molecule has 0 saturated heterocycles. The number of phenolic OH excluding ortho intramolecular Hbond substituents is 1. The highest BCUT2D eigenvalue weighted by molar-refractivity contribution is 6.06. The van der Waals surface area contributed by atoms with Crippen LogP contribution in [0.25, 0.3) is 10.8 Å². The van der Waals surface area contributed by atoms with E-state index in [4.69, 9.17) is 14.2 Å². The van der Waals surface area contributed by atoms with Gasteiger partial charge in [0.1, 0.15) is 17.9 Å². The molecule has 0 aliphatic carbocycles. The molecule has 0 spiro atoms. The number of ether oxygens (including phenoxy) is 3. The van der Waals surface area contributed by atoms with Gasteiger partial charge in [-0.1, -0.05) is 103 Å². The largest absolute Gasteiger partial charge is 0.507 e. The van der Waals surface area contributed by atoms with Crippen molar-refractivity contribution >= 4 is 16.7 Å². The molecule has 0 bridgehead atoms. The van der Waals surface area contributed by atoms with Crippen LogP contribution >= 0.6 is 0 Å². The van der Waals surface area contributed by atoms with E-state index in [0.29, 0.717) is 22.4 Å². The summed E-state index contributed by atoms with van der Waals surface area (Å²) in [6.07, 6.45) is 0. The van der Waals surface area contributed by atoms with Crippen molar-refractivity contribution in [3.05, 3.63) is 138 Å². The highest BCUT2D eigenvalue weighted by Gasteiger charge is 2.46. The first-order valence-electron chi connectivity index (χ1n) is 11.6. The van der Waals surface area contributed by atoms with Crippen molar-refractivity contribution in [2.24, 2.45) is 0 Å². The number of hydrogen-bond acceptors (Lipinski definition) is 5. The third-order valence-corrected chi connectivity index (χ3v) is 6.34. The molecule has 5 aromatic carbocycles. The van der Waals surface area contributed by atoms with Crippen molar-refractivity contribution in [3.8, 4) is 17.2 Å². The fourth-order valence-electron chi connectivity index (χ4n) is 4.60. The van der Waals surface area contributed by atoms with Gasteiger partial charge in [-0.05, 0) is 22.9 Å². The monoisotopic (exact) mass is 474 g/mol. The number of phenols is 1. The van der Waals surface area contributed by atoms with Crippen molar-refractivity contribution in [1.29, 1.82) is 0 Å². The first kappa shape index (κ1) is 21.7. The average Bonchev–Trinajstić information content (AvgIpc) is 3.34. The standard InChI is InChI=1S/C31H22O5/c32-26-19-18-21-10-7-8-16-25(21)28(26)30(33)34-20-22-11-9-17-27-29(22)36-31(35-27,23-12-3-1-4-13-23)24-14-5-2-6-15-24/h1-19,32H,20H2. The zero-order chi connectivity index (χ0) is 24.5. The van der Waals surface area contributed by atoms with Gasteiger partial charge in [0.2, 0.25) is 0 Å². The number of carbonyl (C=O) groups is 1. The van der Waals surface area contributed by atoms with E-state index < -0.39 is 11.8 Å². The molecule has 0 amide bonds. The Morgan fingerprint density at radius 2 is 1.39 bits per heavy atom. The lowest BCUT2D eigenvalue weighted by Gasteiger charge is -2.28. The van der Waals surface area contributed by atoms with E-state index in [0.717, 1.165) is 16.5 Å². The molecule has 5 nitrogen and oxygen atoms in total. The predicted octanol–water partition coefficient (Wildman–Crippen LogP) is 6.57. The van der Waals surface area contributed by atoms with Gasteiger partial charge < -0.3 is 19.3 Å². The van der Waals surface area contributed by atoms with E-state index in [1.165, 1.54) is 6.07 Å².